The van der Waals surface area contributed by atoms with Gasteiger partial charge in [-0.2, -0.15) is 0 Å². The van der Waals surface area contributed by atoms with Gasteiger partial charge in [0.05, 0.1) is 29.6 Å². The van der Waals surface area contributed by atoms with E-state index in [0.717, 1.165) is 5.52 Å². The third-order valence-corrected chi connectivity index (χ3v) is 3.47. The summed E-state index contributed by atoms with van der Waals surface area (Å²) >= 11 is 0. The summed E-state index contributed by atoms with van der Waals surface area (Å²) < 4.78 is 15.2. The molecule has 3 aromatic rings. The molecule has 7 nitrogen and oxygen atoms in total. The molecule has 120 valence electrons. The highest BCUT2D eigenvalue weighted by atomic mass is 16.7. The standard InChI is InChI=1S/C16H16N2O5/c1-3-22-16(20)23-15-9(8-21-2)13-11(7-17-15)18-10-5-4-6-12(19)14(10)13/h4-7,17-18H,3,8H2,1-2H3. The van der Waals surface area contributed by atoms with Crippen LogP contribution in [0.5, 0.6) is 5.88 Å². The van der Waals surface area contributed by atoms with E-state index in [4.69, 9.17) is 14.2 Å². The van der Waals surface area contributed by atoms with Crippen LogP contribution in [0.4, 0.5) is 4.79 Å². The maximum atomic E-state index is 12.2. The third kappa shape index (κ3) is 2.66. The smallest absolute Gasteiger partial charge is 0.434 e. The van der Waals surface area contributed by atoms with Gasteiger partial charge in [0.25, 0.3) is 0 Å². The number of pyridine rings is 1. The number of H-pyrrole nitrogens is 2. The van der Waals surface area contributed by atoms with Crippen molar-refractivity contribution in [3.63, 3.8) is 0 Å². The summed E-state index contributed by atoms with van der Waals surface area (Å²) in [4.78, 5) is 29.9. The molecule has 0 radical (unpaired) electrons. The lowest BCUT2D eigenvalue weighted by Gasteiger charge is -2.10. The Morgan fingerprint density at radius 2 is 2.04 bits per heavy atom. The van der Waals surface area contributed by atoms with Crippen molar-refractivity contribution >= 4 is 28.0 Å². The Kier molecular flexibility index (Phi) is 4.03. The molecule has 2 N–H and O–H groups in total. The van der Waals surface area contributed by atoms with Crippen molar-refractivity contribution < 1.29 is 19.0 Å². The highest BCUT2D eigenvalue weighted by Gasteiger charge is 2.18. The normalized spacial score (nSPS) is 11.0. The molecule has 0 aliphatic heterocycles. The number of carbonyl (C=O) groups is 1. The number of hydrogen-bond donors (Lipinski definition) is 2. The molecule has 0 bridgehead atoms. The number of aromatic amines is 2. The van der Waals surface area contributed by atoms with Crippen LogP contribution >= 0.6 is 0 Å². The Balaban J connectivity index is 2.26. The van der Waals surface area contributed by atoms with Gasteiger partial charge in [-0.05, 0) is 19.1 Å². The van der Waals surface area contributed by atoms with Gasteiger partial charge in [0.1, 0.15) is 0 Å². The van der Waals surface area contributed by atoms with E-state index in [0.29, 0.717) is 21.9 Å². The van der Waals surface area contributed by atoms with Gasteiger partial charge in [-0.25, -0.2) is 4.79 Å². The zero-order valence-corrected chi connectivity index (χ0v) is 12.8. The maximum absolute atomic E-state index is 12.2. The number of aromatic nitrogens is 2. The fourth-order valence-electron chi connectivity index (χ4n) is 2.60. The predicted molar refractivity (Wildman–Crippen MR) is 84.8 cm³/mol. The summed E-state index contributed by atoms with van der Waals surface area (Å²) in [5, 5.41) is 1.21. The van der Waals surface area contributed by atoms with Crippen LogP contribution in [-0.2, 0) is 16.1 Å². The number of benzene rings is 1. The zero-order chi connectivity index (χ0) is 16.4. The van der Waals surface area contributed by atoms with Crippen LogP contribution in [0.3, 0.4) is 0 Å². The van der Waals surface area contributed by atoms with Gasteiger partial charge < -0.3 is 24.2 Å². The molecule has 3 rings (SSSR count). The maximum Gasteiger partial charge on any atom is 0.515 e. The fraction of sp³-hybridized carbons (Fsp3) is 0.250. The van der Waals surface area contributed by atoms with Crippen LogP contribution in [0.1, 0.15) is 12.5 Å². The Hall–Kier alpha value is -2.80. The molecule has 23 heavy (non-hydrogen) atoms. The van der Waals surface area contributed by atoms with Crippen molar-refractivity contribution in [3.8, 4) is 5.88 Å². The molecule has 0 saturated heterocycles. The molecular weight excluding hydrogens is 300 g/mol. The molecule has 0 amide bonds. The summed E-state index contributed by atoms with van der Waals surface area (Å²) in [6.45, 7) is 2.07. The number of ether oxygens (including phenoxy) is 3. The number of fused-ring (bicyclic) bond motifs is 3. The highest BCUT2D eigenvalue weighted by Crippen LogP contribution is 2.31. The number of carbonyl (C=O) groups excluding carboxylic acids is 1. The van der Waals surface area contributed by atoms with Crippen LogP contribution in [0.15, 0.2) is 29.2 Å². The quantitative estimate of drug-likeness (QED) is 0.722. The number of hydrogen-bond acceptors (Lipinski definition) is 5. The lowest BCUT2D eigenvalue weighted by atomic mass is 10.1. The van der Waals surface area contributed by atoms with Crippen molar-refractivity contribution in [3.05, 3.63) is 40.2 Å². The second-order valence-electron chi connectivity index (χ2n) is 4.91. The van der Waals surface area contributed by atoms with Gasteiger partial charge in [0.15, 0.2) is 5.43 Å². The lowest BCUT2D eigenvalue weighted by Crippen LogP contribution is -2.13. The lowest BCUT2D eigenvalue weighted by molar-refractivity contribution is 0.101. The summed E-state index contributed by atoms with van der Waals surface area (Å²) in [7, 11) is 1.53. The minimum Gasteiger partial charge on any atom is -0.434 e. The highest BCUT2D eigenvalue weighted by molar-refractivity contribution is 6.09. The van der Waals surface area contributed by atoms with E-state index >= 15 is 0 Å². The van der Waals surface area contributed by atoms with Crippen LogP contribution in [0, 0.1) is 0 Å². The molecule has 7 heteroatoms. The molecule has 0 aliphatic rings. The zero-order valence-electron chi connectivity index (χ0n) is 12.8. The van der Waals surface area contributed by atoms with E-state index in [-0.39, 0.29) is 24.5 Å². The van der Waals surface area contributed by atoms with Crippen LogP contribution in [0.2, 0.25) is 0 Å². The summed E-state index contributed by atoms with van der Waals surface area (Å²) in [5.74, 6) is 0.196. The van der Waals surface area contributed by atoms with E-state index in [1.807, 2.05) is 6.07 Å². The third-order valence-electron chi connectivity index (χ3n) is 3.47. The average molecular weight is 316 g/mol. The molecule has 0 aliphatic carbocycles. The average Bonchev–Trinajstić information content (AvgIpc) is 2.90. The molecule has 1 aromatic carbocycles. The van der Waals surface area contributed by atoms with E-state index in [9.17, 15) is 9.59 Å². The molecular formula is C16H16N2O5. The first-order chi connectivity index (χ1) is 11.2. The SMILES string of the molecule is CCOC(=O)Oc1[nH]cc2[nH]c3cccc(=O)c3c2c1COC. The van der Waals surface area contributed by atoms with E-state index in [1.165, 1.54) is 13.2 Å². The summed E-state index contributed by atoms with van der Waals surface area (Å²) in [6, 6.07) is 5.00. The Morgan fingerprint density at radius 1 is 1.22 bits per heavy atom. The number of rotatable bonds is 4. The second-order valence-corrected chi connectivity index (χ2v) is 4.91. The van der Waals surface area contributed by atoms with Crippen molar-refractivity contribution in [2.45, 2.75) is 13.5 Å². The van der Waals surface area contributed by atoms with Crippen molar-refractivity contribution in [1.82, 2.24) is 9.97 Å². The molecule has 0 spiro atoms. The van der Waals surface area contributed by atoms with Gasteiger partial charge in [-0.15, -0.1) is 0 Å². The van der Waals surface area contributed by atoms with Gasteiger partial charge in [-0.1, -0.05) is 6.07 Å². The predicted octanol–water partition coefficient (Wildman–Crippen LogP) is 2.69. The van der Waals surface area contributed by atoms with Crippen molar-refractivity contribution in [1.29, 1.82) is 0 Å². The minimum atomic E-state index is -0.817. The topological polar surface area (TPSA) is 93.4 Å². The first kappa shape index (κ1) is 15.1. The van der Waals surface area contributed by atoms with Gasteiger partial charge >= 0.3 is 6.16 Å². The van der Waals surface area contributed by atoms with Gasteiger partial charge in [-0.3, -0.25) is 4.79 Å². The van der Waals surface area contributed by atoms with Crippen molar-refractivity contribution in [2.24, 2.45) is 0 Å². The Morgan fingerprint density at radius 3 is 2.78 bits per heavy atom. The van der Waals surface area contributed by atoms with E-state index in [2.05, 4.69) is 9.97 Å². The molecule has 2 heterocycles. The van der Waals surface area contributed by atoms with Crippen LogP contribution < -0.4 is 10.2 Å². The number of methoxy groups -OCH3 is 1. The molecule has 0 saturated carbocycles. The largest absolute Gasteiger partial charge is 0.515 e. The fourth-order valence-corrected chi connectivity index (χ4v) is 2.60. The summed E-state index contributed by atoms with van der Waals surface area (Å²) in [5.41, 5.74) is 1.91. The summed E-state index contributed by atoms with van der Waals surface area (Å²) in [6.07, 6.45) is 0.824. The minimum absolute atomic E-state index is 0.112. The Labute approximate surface area is 131 Å². The van der Waals surface area contributed by atoms with Crippen LogP contribution in [-0.4, -0.2) is 29.8 Å². The first-order valence-electron chi connectivity index (χ1n) is 7.14. The molecule has 0 unspecified atom stereocenters. The Bertz CT molecular complexity index is 925. The first-order valence-corrected chi connectivity index (χ1v) is 7.14. The second kappa shape index (κ2) is 6.13. The monoisotopic (exact) mass is 316 g/mol. The van der Waals surface area contributed by atoms with E-state index < -0.39 is 6.16 Å². The van der Waals surface area contributed by atoms with Gasteiger partial charge in [0, 0.05) is 24.3 Å². The molecule has 0 atom stereocenters. The van der Waals surface area contributed by atoms with Crippen LogP contribution in [0.25, 0.3) is 21.8 Å². The molecule has 2 aromatic heterocycles. The molecule has 0 fully saturated rings. The van der Waals surface area contributed by atoms with Gasteiger partial charge in [0.2, 0.25) is 5.88 Å². The van der Waals surface area contributed by atoms with Crippen molar-refractivity contribution in [2.75, 3.05) is 13.7 Å². The van der Waals surface area contributed by atoms with E-state index in [1.54, 1.807) is 19.2 Å². The number of nitrogens with one attached hydrogen (secondary N) is 2.